The second-order valence-electron chi connectivity index (χ2n) is 9.15. The number of anilines is 1. The standard InChI is InChI=1S/C24H24N4O3/c29-21-8-7-20(22(30)26-21)28-11-16-9-15(5-6-17(16)23(28)31)10-27-14-24(12-25-13-24)18-3-1-2-4-19(18)27/h1-6,9,20,25H,7-8,10-14H2,(H,26,29,30). The number of hydrogen-bond acceptors (Lipinski definition) is 5. The number of fused-ring (bicyclic) bond motifs is 3. The van der Waals surface area contributed by atoms with Crippen molar-refractivity contribution in [1.82, 2.24) is 15.5 Å². The summed E-state index contributed by atoms with van der Waals surface area (Å²) in [6, 6.07) is 14.1. The van der Waals surface area contributed by atoms with Gasteiger partial charge in [0.2, 0.25) is 11.8 Å². The first kappa shape index (κ1) is 18.6. The SMILES string of the molecule is O=C1CCC(N2Cc3cc(CN4CC5(CNC5)c5ccccc54)ccc3C2=O)C(=O)N1. The zero-order chi connectivity index (χ0) is 21.2. The summed E-state index contributed by atoms with van der Waals surface area (Å²) in [5.74, 6) is -0.759. The van der Waals surface area contributed by atoms with Crippen LogP contribution in [0.1, 0.15) is 39.9 Å². The lowest BCUT2D eigenvalue weighted by Crippen LogP contribution is -2.58. The summed E-state index contributed by atoms with van der Waals surface area (Å²) in [7, 11) is 0. The van der Waals surface area contributed by atoms with Crippen LogP contribution in [0.4, 0.5) is 5.69 Å². The lowest BCUT2D eigenvalue weighted by molar-refractivity contribution is -0.136. The van der Waals surface area contributed by atoms with Crippen molar-refractivity contribution in [3.63, 3.8) is 0 Å². The number of carbonyl (C=O) groups excluding carboxylic acids is 3. The van der Waals surface area contributed by atoms with Crippen LogP contribution < -0.4 is 15.5 Å². The van der Waals surface area contributed by atoms with E-state index in [1.807, 2.05) is 12.1 Å². The van der Waals surface area contributed by atoms with Crippen LogP contribution in [0, 0.1) is 0 Å². The minimum atomic E-state index is -0.572. The number of para-hydroxylation sites is 1. The van der Waals surface area contributed by atoms with Gasteiger partial charge in [-0.25, -0.2) is 0 Å². The highest BCUT2D eigenvalue weighted by atomic mass is 16.2. The number of imide groups is 1. The Morgan fingerprint density at radius 2 is 1.90 bits per heavy atom. The number of amides is 3. The van der Waals surface area contributed by atoms with Crippen molar-refractivity contribution in [2.24, 2.45) is 0 Å². The van der Waals surface area contributed by atoms with Crippen molar-refractivity contribution >= 4 is 23.4 Å². The van der Waals surface area contributed by atoms with Crippen molar-refractivity contribution in [3.8, 4) is 0 Å². The molecule has 2 aromatic rings. The Morgan fingerprint density at radius 1 is 1.06 bits per heavy atom. The van der Waals surface area contributed by atoms with Gasteiger partial charge >= 0.3 is 0 Å². The largest absolute Gasteiger partial charge is 0.366 e. The predicted octanol–water partition coefficient (Wildman–Crippen LogP) is 1.31. The Morgan fingerprint density at radius 3 is 2.68 bits per heavy atom. The zero-order valence-electron chi connectivity index (χ0n) is 17.2. The molecular weight excluding hydrogens is 392 g/mol. The molecule has 2 saturated heterocycles. The van der Waals surface area contributed by atoms with Gasteiger partial charge in [0.15, 0.2) is 0 Å². The first-order chi connectivity index (χ1) is 15.0. The molecule has 7 heteroatoms. The first-order valence-corrected chi connectivity index (χ1v) is 10.9. The van der Waals surface area contributed by atoms with Crippen LogP contribution in [0.3, 0.4) is 0 Å². The van der Waals surface area contributed by atoms with Crippen LogP contribution in [-0.4, -0.2) is 48.3 Å². The maximum Gasteiger partial charge on any atom is 0.255 e. The Bertz CT molecular complexity index is 1120. The predicted molar refractivity (Wildman–Crippen MR) is 115 cm³/mol. The number of rotatable bonds is 3. The van der Waals surface area contributed by atoms with E-state index < -0.39 is 6.04 Å². The smallest absolute Gasteiger partial charge is 0.255 e. The molecule has 0 bridgehead atoms. The van der Waals surface area contributed by atoms with Crippen molar-refractivity contribution < 1.29 is 14.4 Å². The molecular formula is C24H24N4O3. The molecule has 4 aliphatic rings. The number of hydrogen-bond donors (Lipinski definition) is 2. The maximum atomic E-state index is 12.9. The third-order valence-electron chi connectivity index (χ3n) is 7.20. The van der Waals surface area contributed by atoms with Crippen LogP contribution in [-0.2, 0) is 28.1 Å². The fraction of sp³-hybridized carbons (Fsp3) is 0.375. The van der Waals surface area contributed by atoms with Crippen LogP contribution in [0.5, 0.6) is 0 Å². The minimum absolute atomic E-state index is 0.123. The van der Waals surface area contributed by atoms with Gasteiger partial charge in [0.1, 0.15) is 6.04 Å². The van der Waals surface area contributed by atoms with E-state index in [9.17, 15) is 14.4 Å². The summed E-state index contributed by atoms with van der Waals surface area (Å²) in [5.41, 5.74) is 5.72. The lowest BCUT2D eigenvalue weighted by Gasteiger charge is -2.40. The third kappa shape index (κ3) is 2.80. The third-order valence-corrected chi connectivity index (χ3v) is 7.20. The van der Waals surface area contributed by atoms with Gasteiger partial charge in [0, 0.05) is 55.8 Å². The van der Waals surface area contributed by atoms with Gasteiger partial charge in [-0.15, -0.1) is 0 Å². The molecule has 7 nitrogen and oxygen atoms in total. The maximum absolute atomic E-state index is 12.9. The molecule has 1 spiro atoms. The van der Waals surface area contributed by atoms with Crippen molar-refractivity contribution in [1.29, 1.82) is 0 Å². The highest BCUT2D eigenvalue weighted by Gasteiger charge is 2.47. The summed E-state index contributed by atoms with van der Waals surface area (Å²) in [4.78, 5) is 40.7. The Hall–Kier alpha value is -3.19. The number of nitrogens with zero attached hydrogens (tertiary/aromatic N) is 2. The summed E-state index contributed by atoms with van der Waals surface area (Å²) in [6.07, 6.45) is 0.657. The number of piperidine rings is 1. The Labute approximate surface area is 180 Å². The van der Waals surface area contributed by atoms with Gasteiger partial charge < -0.3 is 15.1 Å². The molecule has 0 aliphatic carbocycles. The molecule has 2 N–H and O–H groups in total. The average molecular weight is 416 g/mol. The molecule has 2 aromatic carbocycles. The highest BCUT2D eigenvalue weighted by molar-refractivity contribution is 6.05. The lowest BCUT2D eigenvalue weighted by atomic mass is 9.77. The zero-order valence-corrected chi connectivity index (χ0v) is 17.2. The van der Waals surface area contributed by atoms with E-state index in [4.69, 9.17) is 0 Å². The van der Waals surface area contributed by atoms with Crippen molar-refractivity contribution in [2.45, 2.75) is 37.4 Å². The quantitative estimate of drug-likeness (QED) is 0.738. The van der Waals surface area contributed by atoms with E-state index in [-0.39, 0.29) is 29.6 Å². The second kappa shape index (κ2) is 6.65. The van der Waals surface area contributed by atoms with E-state index >= 15 is 0 Å². The van der Waals surface area contributed by atoms with Crippen LogP contribution in [0.15, 0.2) is 42.5 Å². The van der Waals surface area contributed by atoms with Crippen molar-refractivity contribution in [2.75, 3.05) is 24.5 Å². The fourth-order valence-electron chi connectivity index (χ4n) is 5.55. The Kier molecular flexibility index (Phi) is 3.99. The molecule has 4 heterocycles. The van der Waals surface area contributed by atoms with E-state index in [1.54, 1.807) is 4.90 Å². The van der Waals surface area contributed by atoms with Gasteiger partial charge in [0.05, 0.1) is 0 Å². The fourth-order valence-corrected chi connectivity index (χ4v) is 5.55. The molecule has 158 valence electrons. The van der Waals surface area contributed by atoms with Gasteiger partial charge in [0.25, 0.3) is 5.91 Å². The van der Waals surface area contributed by atoms with Gasteiger partial charge in [-0.2, -0.15) is 0 Å². The molecule has 4 aliphatic heterocycles. The molecule has 0 aromatic heterocycles. The summed E-state index contributed by atoms with van der Waals surface area (Å²) < 4.78 is 0. The normalized spacial score (nSPS) is 23.6. The minimum Gasteiger partial charge on any atom is -0.366 e. The molecule has 0 saturated carbocycles. The molecule has 3 amide bonds. The molecule has 31 heavy (non-hydrogen) atoms. The van der Waals surface area contributed by atoms with E-state index in [1.165, 1.54) is 11.3 Å². The monoisotopic (exact) mass is 416 g/mol. The first-order valence-electron chi connectivity index (χ1n) is 10.9. The summed E-state index contributed by atoms with van der Waals surface area (Å²) >= 11 is 0. The molecule has 6 rings (SSSR count). The number of nitrogens with one attached hydrogen (secondary N) is 2. The number of carbonyl (C=O) groups is 3. The molecule has 1 atom stereocenters. The summed E-state index contributed by atoms with van der Waals surface area (Å²) in [5, 5.41) is 5.78. The average Bonchev–Trinajstić information content (AvgIpc) is 3.24. The summed E-state index contributed by atoms with van der Waals surface area (Å²) in [6.45, 7) is 4.23. The van der Waals surface area contributed by atoms with Gasteiger partial charge in [-0.1, -0.05) is 30.3 Å². The molecule has 1 unspecified atom stereocenters. The number of benzene rings is 2. The van der Waals surface area contributed by atoms with E-state index in [0.29, 0.717) is 18.5 Å². The van der Waals surface area contributed by atoms with Gasteiger partial charge in [-0.05, 0) is 35.2 Å². The Balaban J connectivity index is 1.23. The van der Waals surface area contributed by atoms with Crippen molar-refractivity contribution in [3.05, 3.63) is 64.7 Å². The van der Waals surface area contributed by atoms with E-state index in [2.05, 4.69) is 45.9 Å². The highest BCUT2D eigenvalue weighted by Crippen LogP contribution is 2.43. The molecule has 0 radical (unpaired) electrons. The van der Waals surface area contributed by atoms with Crippen LogP contribution in [0.2, 0.25) is 0 Å². The second-order valence-corrected chi connectivity index (χ2v) is 9.15. The van der Waals surface area contributed by atoms with Crippen LogP contribution >= 0.6 is 0 Å². The van der Waals surface area contributed by atoms with Gasteiger partial charge in [-0.3, -0.25) is 19.7 Å². The topological polar surface area (TPSA) is 81.8 Å². The van der Waals surface area contributed by atoms with E-state index in [0.717, 1.165) is 37.3 Å². The molecule has 2 fully saturated rings. The van der Waals surface area contributed by atoms with Crippen LogP contribution in [0.25, 0.3) is 0 Å².